The molecule has 0 radical (unpaired) electrons. The SMILES string of the molecule is O=[N+]([O-])c1ccc(CNCCCCNCc2ccc([N+](=O)[O-])cc2)cc1. The lowest BCUT2D eigenvalue weighted by molar-refractivity contribution is -0.385. The van der Waals surface area contributed by atoms with E-state index in [1.807, 2.05) is 0 Å². The third-order valence-corrected chi connectivity index (χ3v) is 3.91. The molecule has 2 rings (SSSR count). The van der Waals surface area contributed by atoms with E-state index in [2.05, 4.69) is 10.6 Å². The molecule has 2 N–H and O–H groups in total. The van der Waals surface area contributed by atoms with Crippen molar-refractivity contribution in [3.05, 3.63) is 79.9 Å². The number of hydrogen-bond acceptors (Lipinski definition) is 6. The summed E-state index contributed by atoms with van der Waals surface area (Å²) in [7, 11) is 0. The first kappa shape index (κ1) is 19.5. The maximum Gasteiger partial charge on any atom is 0.269 e. The molecule has 0 aliphatic rings. The zero-order valence-corrected chi connectivity index (χ0v) is 14.4. The number of nitro benzene ring substituents is 2. The van der Waals surface area contributed by atoms with E-state index in [0.717, 1.165) is 37.1 Å². The van der Waals surface area contributed by atoms with Crippen LogP contribution in [0.2, 0.25) is 0 Å². The minimum absolute atomic E-state index is 0.104. The molecule has 0 unspecified atom stereocenters. The minimum Gasteiger partial charge on any atom is -0.313 e. The van der Waals surface area contributed by atoms with Crippen LogP contribution in [-0.4, -0.2) is 22.9 Å². The van der Waals surface area contributed by atoms with Crippen molar-refractivity contribution in [3.8, 4) is 0 Å². The van der Waals surface area contributed by atoms with E-state index >= 15 is 0 Å². The predicted octanol–water partition coefficient (Wildman–Crippen LogP) is 3.16. The molecule has 0 fully saturated rings. The Morgan fingerprint density at radius 1 is 0.654 bits per heavy atom. The first-order valence-corrected chi connectivity index (χ1v) is 8.44. The van der Waals surface area contributed by atoms with E-state index in [1.165, 1.54) is 24.3 Å². The van der Waals surface area contributed by atoms with Crippen LogP contribution in [0.4, 0.5) is 11.4 Å². The second-order valence-electron chi connectivity index (χ2n) is 5.91. The summed E-state index contributed by atoms with van der Waals surface area (Å²) in [4.78, 5) is 20.4. The largest absolute Gasteiger partial charge is 0.313 e. The topological polar surface area (TPSA) is 110 Å². The van der Waals surface area contributed by atoms with Gasteiger partial charge in [-0.25, -0.2) is 0 Å². The van der Waals surface area contributed by atoms with Crippen LogP contribution in [-0.2, 0) is 13.1 Å². The number of non-ortho nitro benzene ring substituents is 2. The Hall–Kier alpha value is -2.84. The van der Waals surface area contributed by atoms with Crippen molar-refractivity contribution in [2.24, 2.45) is 0 Å². The summed E-state index contributed by atoms with van der Waals surface area (Å²) in [5.41, 5.74) is 2.25. The Morgan fingerprint density at radius 2 is 1.00 bits per heavy atom. The average molecular weight is 358 g/mol. The van der Waals surface area contributed by atoms with Gasteiger partial charge in [-0.3, -0.25) is 20.2 Å². The number of hydrogen-bond donors (Lipinski definition) is 2. The zero-order valence-electron chi connectivity index (χ0n) is 14.4. The average Bonchev–Trinajstić information content (AvgIpc) is 2.64. The van der Waals surface area contributed by atoms with Gasteiger partial charge in [0.2, 0.25) is 0 Å². The molecule has 0 heterocycles. The molecule has 0 saturated carbocycles. The third-order valence-electron chi connectivity index (χ3n) is 3.91. The number of nitrogens with zero attached hydrogens (tertiary/aromatic N) is 2. The Bertz CT molecular complexity index is 653. The van der Waals surface area contributed by atoms with Crippen molar-refractivity contribution in [2.75, 3.05) is 13.1 Å². The first-order valence-electron chi connectivity index (χ1n) is 8.44. The van der Waals surface area contributed by atoms with Crippen LogP contribution in [0.3, 0.4) is 0 Å². The summed E-state index contributed by atoms with van der Waals surface area (Å²) in [6, 6.07) is 13.1. The number of nitro groups is 2. The summed E-state index contributed by atoms with van der Waals surface area (Å²) in [6.07, 6.45) is 2.03. The molecule has 0 bridgehead atoms. The van der Waals surface area contributed by atoms with Gasteiger partial charge in [0.25, 0.3) is 11.4 Å². The highest BCUT2D eigenvalue weighted by atomic mass is 16.6. The van der Waals surface area contributed by atoms with Gasteiger partial charge in [-0.15, -0.1) is 0 Å². The molecular formula is C18H22N4O4. The van der Waals surface area contributed by atoms with Crippen LogP contribution in [0.15, 0.2) is 48.5 Å². The van der Waals surface area contributed by atoms with Crippen LogP contribution in [0.25, 0.3) is 0 Å². The third kappa shape index (κ3) is 6.58. The Morgan fingerprint density at radius 3 is 1.31 bits per heavy atom. The second-order valence-corrected chi connectivity index (χ2v) is 5.91. The molecule has 2 aromatic rings. The maximum absolute atomic E-state index is 10.6. The number of nitrogens with one attached hydrogen (secondary N) is 2. The Kier molecular flexibility index (Phi) is 7.66. The van der Waals surface area contributed by atoms with Crippen LogP contribution in [0.1, 0.15) is 24.0 Å². The summed E-state index contributed by atoms with van der Waals surface area (Å²) in [6.45, 7) is 3.12. The normalized spacial score (nSPS) is 10.6. The predicted molar refractivity (Wildman–Crippen MR) is 98.8 cm³/mol. The van der Waals surface area contributed by atoms with Gasteiger partial charge in [0.1, 0.15) is 0 Å². The molecule has 2 aromatic carbocycles. The fourth-order valence-corrected chi connectivity index (χ4v) is 2.44. The van der Waals surface area contributed by atoms with Gasteiger partial charge in [0.05, 0.1) is 9.85 Å². The molecule has 0 aliphatic heterocycles. The zero-order chi connectivity index (χ0) is 18.8. The lowest BCUT2D eigenvalue weighted by atomic mass is 10.2. The van der Waals surface area contributed by atoms with Gasteiger partial charge >= 0.3 is 0 Å². The second kappa shape index (κ2) is 10.2. The number of unbranched alkanes of at least 4 members (excludes halogenated alkanes) is 1. The van der Waals surface area contributed by atoms with E-state index in [9.17, 15) is 20.2 Å². The molecule has 0 aromatic heterocycles. The van der Waals surface area contributed by atoms with E-state index < -0.39 is 9.85 Å². The highest BCUT2D eigenvalue weighted by Gasteiger charge is 2.04. The number of rotatable bonds is 11. The van der Waals surface area contributed by atoms with Crippen LogP contribution >= 0.6 is 0 Å². The van der Waals surface area contributed by atoms with Gasteiger partial charge in [-0.1, -0.05) is 24.3 Å². The summed E-state index contributed by atoms with van der Waals surface area (Å²) in [5, 5.41) is 27.8. The summed E-state index contributed by atoms with van der Waals surface area (Å²) < 4.78 is 0. The van der Waals surface area contributed by atoms with Crippen LogP contribution < -0.4 is 10.6 Å². The van der Waals surface area contributed by atoms with Gasteiger partial charge in [0.15, 0.2) is 0 Å². The van der Waals surface area contributed by atoms with Crippen molar-refractivity contribution in [1.82, 2.24) is 10.6 Å². The highest BCUT2D eigenvalue weighted by molar-refractivity contribution is 5.33. The molecule has 26 heavy (non-hydrogen) atoms. The van der Waals surface area contributed by atoms with Gasteiger partial charge in [-0.05, 0) is 37.1 Å². The molecule has 138 valence electrons. The van der Waals surface area contributed by atoms with Crippen molar-refractivity contribution in [2.45, 2.75) is 25.9 Å². The van der Waals surface area contributed by atoms with Gasteiger partial charge in [0, 0.05) is 37.4 Å². The Balaban J connectivity index is 1.52. The molecule has 0 amide bonds. The molecular weight excluding hydrogens is 336 g/mol. The highest BCUT2D eigenvalue weighted by Crippen LogP contribution is 2.12. The molecule has 0 aliphatic carbocycles. The lowest BCUT2D eigenvalue weighted by Gasteiger charge is -2.06. The molecule has 0 spiro atoms. The Labute approximate surface area is 151 Å². The van der Waals surface area contributed by atoms with E-state index in [-0.39, 0.29) is 11.4 Å². The van der Waals surface area contributed by atoms with Gasteiger partial charge < -0.3 is 10.6 Å². The molecule has 8 heteroatoms. The van der Waals surface area contributed by atoms with E-state index in [1.54, 1.807) is 24.3 Å². The van der Waals surface area contributed by atoms with Gasteiger partial charge in [-0.2, -0.15) is 0 Å². The lowest BCUT2D eigenvalue weighted by Crippen LogP contribution is -2.18. The smallest absolute Gasteiger partial charge is 0.269 e. The first-order chi connectivity index (χ1) is 12.6. The fourth-order valence-electron chi connectivity index (χ4n) is 2.44. The minimum atomic E-state index is -0.402. The monoisotopic (exact) mass is 358 g/mol. The fraction of sp³-hybridized carbons (Fsp3) is 0.333. The quantitative estimate of drug-likeness (QED) is 0.363. The maximum atomic E-state index is 10.6. The molecule has 0 saturated heterocycles. The molecule has 0 atom stereocenters. The van der Waals surface area contributed by atoms with Crippen molar-refractivity contribution in [1.29, 1.82) is 0 Å². The standard InChI is InChI=1S/C18H22N4O4/c23-21(24)17-7-3-15(4-8-17)13-19-11-1-2-12-20-14-16-5-9-18(10-6-16)22(25)26/h3-10,19-20H,1-2,11-14H2. The van der Waals surface area contributed by atoms with Crippen LogP contribution in [0, 0.1) is 20.2 Å². The summed E-state index contributed by atoms with van der Waals surface area (Å²) >= 11 is 0. The van der Waals surface area contributed by atoms with Crippen LogP contribution in [0.5, 0.6) is 0 Å². The molecule has 8 nitrogen and oxygen atoms in total. The number of benzene rings is 2. The van der Waals surface area contributed by atoms with Crippen molar-refractivity contribution >= 4 is 11.4 Å². The van der Waals surface area contributed by atoms with E-state index in [0.29, 0.717) is 13.1 Å². The van der Waals surface area contributed by atoms with Crippen molar-refractivity contribution in [3.63, 3.8) is 0 Å². The van der Waals surface area contributed by atoms with Crippen molar-refractivity contribution < 1.29 is 9.85 Å². The summed E-state index contributed by atoms with van der Waals surface area (Å²) in [5.74, 6) is 0. The van der Waals surface area contributed by atoms with E-state index in [4.69, 9.17) is 0 Å².